The van der Waals surface area contributed by atoms with Gasteiger partial charge in [0.15, 0.2) is 0 Å². The summed E-state index contributed by atoms with van der Waals surface area (Å²) in [5.74, 6) is 0. The van der Waals surface area contributed by atoms with Crippen molar-refractivity contribution in [3.63, 3.8) is 0 Å². The minimum absolute atomic E-state index is 0.139. The maximum Gasteiger partial charge on any atom is 0.514 e. The predicted octanol–water partition coefficient (Wildman–Crippen LogP) is 14.5. The van der Waals surface area contributed by atoms with Crippen LogP contribution in [0, 0.1) is 0 Å². The average Bonchev–Trinajstić information content (AvgIpc) is 3.17. The third-order valence-electron chi connectivity index (χ3n) is 10.9. The molecule has 0 N–H and O–H groups in total. The Morgan fingerprint density at radius 2 is 0.462 bits per heavy atom. The smallest absolute Gasteiger partial charge is 0.376 e. The van der Waals surface area contributed by atoms with Crippen molar-refractivity contribution in [2.45, 2.75) is 229 Å². The predicted molar refractivity (Wildman–Crippen MR) is 235 cm³/mol. The Morgan fingerprint density at radius 1 is 0.288 bits per heavy atom. The van der Waals surface area contributed by atoms with Crippen molar-refractivity contribution in [1.29, 1.82) is 0 Å². The third kappa shape index (κ3) is 25.9. The Bertz CT molecular complexity index is 643. The van der Waals surface area contributed by atoms with Crippen molar-refractivity contribution in [2.75, 3.05) is 42.7 Å². The van der Waals surface area contributed by atoms with E-state index in [0.717, 1.165) is 25.7 Å². The van der Waals surface area contributed by atoms with Gasteiger partial charge < -0.3 is 26.6 Å². The molecule has 0 rings (SSSR count). The van der Waals surface area contributed by atoms with Gasteiger partial charge >= 0.3 is 17.6 Å². The molecule has 2 atom stereocenters. The molecule has 0 fully saturated rings. The second kappa shape index (κ2) is 38.8. The molecular formula is C42H90O6S2Si2. The van der Waals surface area contributed by atoms with E-state index in [1.165, 1.54) is 180 Å². The van der Waals surface area contributed by atoms with Gasteiger partial charge in [-0.2, -0.15) is 0 Å². The Labute approximate surface area is 336 Å². The summed E-state index contributed by atoms with van der Waals surface area (Å²) in [6.07, 6.45) is 43.1. The quantitative estimate of drug-likeness (QED) is 0.0343. The molecule has 0 saturated carbocycles. The standard InChI is InChI=1S/C42H90O6S2Si2/c1-9-11-13-15-17-19-21-23-25-27-29-31-33-35-37-39-41(51(43-3,44-4)45-5)49-50-42(52(46-6,47-7)48-8)40-38-36-34-32-30-28-26-24-22-20-18-16-14-12-10-2/h41-42H,9-40H2,1-8H3. The molecule has 0 amide bonds. The van der Waals surface area contributed by atoms with Crippen molar-refractivity contribution >= 4 is 39.2 Å². The van der Waals surface area contributed by atoms with E-state index < -0.39 is 17.6 Å². The monoisotopic (exact) mass is 811 g/mol. The average molecular weight is 811 g/mol. The van der Waals surface area contributed by atoms with Crippen LogP contribution < -0.4 is 0 Å². The van der Waals surface area contributed by atoms with Gasteiger partial charge in [0, 0.05) is 42.7 Å². The molecule has 0 heterocycles. The molecule has 0 aliphatic carbocycles. The SMILES string of the molecule is CCCCCCCCCCCCCCCCCC(SSC(CCCCCCCCCCCCCCCCC)[Si](OC)(OC)OC)[Si](OC)(OC)OC. The van der Waals surface area contributed by atoms with E-state index in [1.54, 1.807) is 42.7 Å². The van der Waals surface area contributed by atoms with Crippen LogP contribution in [0.3, 0.4) is 0 Å². The second-order valence-corrected chi connectivity index (χ2v) is 24.9. The zero-order valence-corrected chi connectivity index (χ0v) is 39.7. The zero-order valence-electron chi connectivity index (χ0n) is 36.0. The Morgan fingerprint density at radius 3 is 0.635 bits per heavy atom. The van der Waals surface area contributed by atoms with Crippen LogP contribution in [-0.4, -0.2) is 70.0 Å². The maximum absolute atomic E-state index is 6.04. The first kappa shape index (κ1) is 52.9. The zero-order chi connectivity index (χ0) is 38.4. The van der Waals surface area contributed by atoms with Crippen LogP contribution in [0.4, 0.5) is 0 Å². The summed E-state index contributed by atoms with van der Waals surface area (Å²) >= 11 is 0. The van der Waals surface area contributed by atoms with Gasteiger partial charge in [0.1, 0.15) is 0 Å². The molecule has 2 unspecified atom stereocenters. The minimum Gasteiger partial charge on any atom is -0.376 e. The van der Waals surface area contributed by atoms with Crippen LogP contribution in [-0.2, 0) is 26.6 Å². The Kier molecular flexibility index (Phi) is 39.4. The first-order chi connectivity index (χ1) is 25.5. The maximum atomic E-state index is 6.04. The van der Waals surface area contributed by atoms with Gasteiger partial charge in [-0.3, -0.25) is 0 Å². The summed E-state index contributed by atoms with van der Waals surface area (Å²) in [6.45, 7) is 4.59. The first-order valence-corrected chi connectivity index (χ1v) is 28.0. The van der Waals surface area contributed by atoms with Gasteiger partial charge in [0.2, 0.25) is 0 Å². The summed E-state index contributed by atoms with van der Waals surface area (Å²) in [7, 11) is 8.48. The molecule has 0 saturated heterocycles. The van der Waals surface area contributed by atoms with Crippen molar-refractivity contribution in [1.82, 2.24) is 0 Å². The van der Waals surface area contributed by atoms with Crippen LogP contribution in [0.25, 0.3) is 0 Å². The highest BCUT2D eigenvalue weighted by atomic mass is 33.1. The van der Waals surface area contributed by atoms with Gasteiger partial charge in [-0.05, 0) is 12.8 Å². The summed E-state index contributed by atoms with van der Waals surface area (Å²) in [4.78, 5) is 0.278. The third-order valence-corrected chi connectivity index (χ3v) is 22.7. The van der Waals surface area contributed by atoms with Crippen LogP contribution in [0.2, 0.25) is 0 Å². The highest BCUT2D eigenvalue weighted by Crippen LogP contribution is 2.43. The lowest BCUT2D eigenvalue weighted by atomic mass is 10.0. The van der Waals surface area contributed by atoms with E-state index in [1.807, 2.05) is 21.6 Å². The topological polar surface area (TPSA) is 55.4 Å². The second-order valence-electron chi connectivity index (χ2n) is 15.1. The van der Waals surface area contributed by atoms with Gasteiger partial charge in [0.25, 0.3) is 0 Å². The number of hydrogen-bond donors (Lipinski definition) is 0. The van der Waals surface area contributed by atoms with Crippen LogP contribution >= 0.6 is 21.6 Å². The van der Waals surface area contributed by atoms with Crippen LogP contribution in [0.15, 0.2) is 0 Å². The molecule has 0 aliphatic rings. The summed E-state index contributed by atoms with van der Waals surface area (Å²) in [6, 6.07) is 0. The van der Waals surface area contributed by atoms with Crippen molar-refractivity contribution in [3.05, 3.63) is 0 Å². The van der Waals surface area contributed by atoms with Crippen molar-refractivity contribution in [2.24, 2.45) is 0 Å². The fraction of sp³-hybridized carbons (Fsp3) is 1.00. The fourth-order valence-electron chi connectivity index (χ4n) is 7.39. The van der Waals surface area contributed by atoms with E-state index in [2.05, 4.69) is 13.8 Å². The van der Waals surface area contributed by atoms with Crippen molar-refractivity contribution < 1.29 is 26.6 Å². The highest BCUT2D eigenvalue weighted by molar-refractivity contribution is 8.77. The number of hydrogen-bond acceptors (Lipinski definition) is 8. The van der Waals surface area contributed by atoms with E-state index >= 15 is 0 Å². The molecule has 0 aliphatic heterocycles. The van der Waals surface area contributed by atoms with Gasteiger partial charge in [-0.1, -0.05) is 228 Å². The first-order valence-electron chi connectivity index (χ1n) is 22.1. The molecule has 0 aromatic rings. The summed E-state index contributed by atoms with van der Waals surface area (Å²) in [5.41, 5.74) is 0. The molecule has 0 aromatic carbocycles. The molecule has 6 nitrogen and oxygen atoms in total. The molecular weight excluding hydrogens is 721 g/mol. The van der Waals surface area contributed by atoms with Crippen LogP contribution in [0.1, 0.15) is 219 Å². The van der Waals surface area contributed by atoms with Gasteiger partial charge in [-0.15, -0.1) is 0 Å². The fourth-order valence-corrected chi connectivity index (χ4v) is 19.1. The molecule has 52 heavy (non-hydrogen) atoms. The summed E-state index contributed by atoms with van der Waals surface area (Å²) in [5, 5.41) is 0. The molecule has 0 bridgehead atoms. The Hall–Kier alpha value is 0.894. The molecule has 0 aromatic heterocycles. The van der Waals surface area contributed by atoms with Crippen molar-refractivity contribution in [3.8, 4) is 0 Å². The largest absolute Gasteiger partial charge is 0.514 e. The van der Waals surface area contributed by atoms with E-state index in [-0.39, 0.29) is 9.75 Å². The highest BCUT2D eigenvalue weighted by Gasteiger charge is 2.51. The summed E-state index contributed by atoms with van der Waals surface area (Å²) < 4.78 is 36.2. The molecule has 0 spiro atoms. The number of rotatable bonds is 43. The molecule has 314 valence electrons. The Balaban J connectivity index is 4.64. The lowest BCUT2D eigenvalue weighted by molar-refractivity contribution is 0.119. The number of unbranched alkanes of at least 4 members (excludes halogenated alkanes) is 28. The van der Waals surface area contributed by atoms with E-state index in [9.17, 15) is 0 Å². The van der Waals surface area contributed by atoms with E-state index in [0.29, 0.717) is 0 Å². The van der Waals surface area contributed by atoms with Gasteiger partial charge in [0.05, 0.1) is 9.75 Å². The lowest BCUT2D eigenvalue weighted by Crippen LogP contribution is -2.54. The van der Waals surface area contributed by atoms with Gasteiger partial charge in [-0.25, -0.2) is 0 Å². The molecule has 0 radical (unpaired) electrons. The lowest BCUT2D eigenvalue weighted by Gasteiger charge is -2.35. The van der Waals surface area contributed by atoms with Crippen LogP contribution in [0.5, 0.6) is 0 Å². The molecule has 10 heteroatoms. The van der Waals surface area contributed by atoms with E-state index in [4.69, 9.17) is 26.6 Å². The normalized spacial score (nSPS) is 13.6. The minimum atomic E-state index is -2.85.